The van der Waals surface area contributed by atoms with Crippen molar-refractivity contribution in [2.24, 2.45) is 0 Å². The van der Waals surface area contributed by atoms with Gasteiger partial charge in [-0.15, -0.1) is 0 Å². The Morgan fingerprint density at radius 3 is 2.71 bits per heavy atom. The molecule has 6 heteroatoms. The van der Waals surface area contributed by atoms with E-state index in [4.69, 9.17) is 5.11 Å². The number of fused-ring (bicyclic) bond motifs is 1. The minimum Gasteiger partial charge on any atom is -0.478 e. The summed E-state index contributed by atoms with van der Waals surface area (Å²) in [4.78, 5) is 11.2. The lowest BCUT2D eigenvalue weighted by Crippen LogP contribution is -2.04. The van der Waals surface area contributed by atoms with Crippen LogP contribution in [0.15, 0.2) is 28.0 Å². The summed E-state index contributed by atoms with van der Waals surface area (Å²) in [7, 11) is -3.49. The van der Waals surface area contributed by atoms with E-state index < -0.39 is 15.8 Å². The lowest BCUT2D eigenvalue weighted by molar-refractivity contribution is 0.0696. The lowest BCUT2D eigenvalue weighted by atomic mass is 10.1. The molecule has 1 aliphatic heterocycles. The van der Waals surface area contributed by atoms with Gasteiger partial charge in [-0.3, -0.25) is 0 Å². The molecule has 1 aliphatic rings. The van der Waals surface area contributed by atoms with Crippen LogP contribution in [0.1, 0.15) is 15.9 Å². The van der Waals surface area contributed by atoms with Gasteiger partial charge in [0.05, 0.1) is 15.4 Å². The fraction of sp³-hybridized carbons (Fsp3) is 0.182. The Labute approximate surface area is 103 Å². The molecule has 17 heavy (non-hydrogen) atoms. The van der Waals surface area contributed by atoms with E-state index in [0.29, 0.717) is 16.2 Å². The van der Waals surface area contributed by atoms with Crippen molar-refractivity contribution in [2.45, 2.75) is 4.90 Å². The summed E-state index contributed by atoms with van der Waals surface area (Å²) >= 11 is 1.42. The second-order valence-corrected chi connectivity index (χ2v) is 6.44. The molecule has 1 heterocycles. The average molecular weight is 270 g/mol. The molecule has 0 fully saturated rings. The highest BCUT2D eigenvalue weighted by molar-refractivity contribution is 8.01. The number of rotatable bonds is 3. The Bertz CT molecular complexity index is 614. The largest absolute Gasteiger partial charge is 0.478 e. The highest BCUT2D eigenvalue weighted by atomic mass is 32.2. The first kappa shape index (κ1) is 12.2. The molecule has 0 saturated carbocycles. The van der Waals surface area contributed by atoms with E-state index >= 15 is 0 Å². The van der Waals surface area contributed by atoms with Crippen molar-refractivity contribution in [2.75, 3.05) is 12.0 Å². The molecule has 0 atom stereocenters. The highest BCUT2D eigenvalue weighted by Gasteiger charge is 2.29. The van der Waals surface area contributed by atoms with Gasteiger partial charge in [0.15, 0.2) is 0 Å². The van der Waals surface area contributed by atoms with E-state index in [1.807, 2.05) is 6.26 Å². The average Bonchev–Trinajstić information content (AvgIpc) is 2.51. The molecule has 0 aliphatic carbocycles. The Morgan fingerprint density at radius 2 is 2.12 bits per heavy atom. The number of carbonyl (C=O) groups is 1. The second-order valence-electron chi connectivity index (χ2n) is 3.60. The second kappa shape index (κ2) is 4.19. The van der Waals surface area contributed by atoms with Crippen LogP contribution in [0.25, 0.3) is 6.08 Å². The number of aromatic carboxylic acids is 1. The van der Waals surface area contributed by atoms with Gasteiger partial charge in [-0.2, -0.15) is 11.8 Å². The van der Waals surface area contributed by atoms with Gasteiger partial charge in [0.25, 0.3) is 0 Å². The lowest BCUT2D eigenvalue weighted by Gasteiger charge is -2.02. The zero-order valence-corrected chi connectivity index (χ0v) is 10.6. The number of hydrogen-bond donors (Lipinski definition) is 1. The Hall–Kier alpha value is -1.27. The number of carboxylic acid groups (broad SMARTS) is 1. The first-order chi connectivity index (χ1) is 7.96. The molecule has 0 radical (unpaired) electrons. The maximum atomic E-state index is 12.1. The van der Waals surface area contributed by atoms with Crippen LogP contribution >= 0.6 is 11.8 Å². The van der Waals surface area contributed by atoms with Gasteiger partial charge in [-0.1, -0.05) is 6.07 Å². The maximum Gasteiger partial charge on any atom is 0.335 e. The third-order valence-electron chi connectivity index (χ3n) is 2.50. The number of thioether (sulfide) groups is 1. The Morgan fingerprint density at radius 1 is 1.41 bits per heavy atom. The zero-order chi connectivity index (χ0) is 12.6. The summed E-state index contributed by atoms with van der Waals surface area (Å²) in [6.45, 7) is 0. The molecule has 0 bridgehead atoms. The first-order valence-corrected chi connectivity index (χ1v) is 7.66. The molecule has 0 saturated heterocycles. The molecule has 0 unspecified atom stereocenters. The van der Waals surface area contributed by atoms with Gasteiger partial charge in [0, 0.05) is 5.75 Å². The summed E-state index contributed by atoms with van der Waals surface area (Å²) < 4.78 is 24.1. The minimum absolute atomic E-state index is 0.00822. The number of carboxylic acids is 1. The van der Waals surface area contributed by atoms with Crippen LogP contribution in [0.4, 0.5) is 0 Å². The standard InChI is InChI=1S/C11H10O4S2/c1-16-6-9-4-7-2-3-8(11(12)13)5-10(7)17(9,14)15/h2-5H,6H2,1H3,(H,12,13). The van der Waals surface area contributed by atoms with Crippen LogP contribution in [-0.2, 0) is 9.84 Å². The SMILES string of the molecule is CSCC1=Cc2ccc(C(=O)O)cc2S1(=O)=O. The van der Waals surface area contributed by atoms with Crippen LogP contribution in [0, 0.1) is 0 Å². The molecule has 0 amide bonds. The fourth-order valence-corrected chi connectivity index (χ4v) is 4.30. The van der Waals surface area contributed by atoms with Gasteiger partial charge in [0.2, 0.25) is 9.84 Å². The fourth-order valence-electron chi connectivity index (χ4n) is 1.67. The van der Waals surface area contributed by atoms with E-state index in [1.165, 1.54) is 30.0 Å². The van der Waals surface area contributed by atoms with Crippen molar-refractivity contribution in [3.8, 4) is 0 Å². The third kappa shape index (κ3) is 1.98. The molecule has 2 rings (SSSR count). The molecule has 1 aromatic carbocycles. The van der Waals surface area contributed by atoms with Gasteiger partial charge in [0.1, 0.15) is 0 Å². The zero-order valence-electron chi connectivity index (χ0n) is 9.00. The number of hydrogen-bond acceptors (Lipinski definition) is 4. The van der Waals surface area contributed by atoms with Crippen molar-refractivity contribution in [1.29, 1.82) is 0 Å². The van der Waals surface area contributed by atoms with Gasteiger partial charge in [-0.25, -0.2) is 13.2 Å². The van der Waals surface area contributed by atoms with E-state index in [1.54, 1.807) is 6.08 Å². The van der Waals surface area contributed by atoms with Crippen LogP contribution in [0.5, 0.6) is 0 Å². The number of benzene rings is 1. The predicted octanol–water partition coefficient (Wildman–Crippen LogP) is 1.88. The Balaban J connectivity index is 2.56. The Kier molecular flexibility index (Phi) is 3.01. The van der Waals surface area contributed by atoms with E-state index in [-0.39, 0.29) is 10.5 Å². The van der Waals surface area contributed by atoms with Gasteiger partial charge >= 0.3 is 5.97 Å². The molecular weight excluding hydrogens is 260 g/mol. The van der Waals surface area contributed by atoms with Crippen molar-refractivity contribution in [3.05, 3.63) is 34.2 Å². The summed E-state index contributed by atoms with van der Waals surface area (Å²) in [6.07, 6.45) is 3.43. The molecule has 1 N–H and O–H groups in total. The normalized spacial score (nSPS) is 16.4. The summed E-state index contributed by atoms with van der Waals surface area (Å²) in [5.74, 6) is -0.722. The maximum absolute atomic E-state index is 12.1. The van der Waals surface area contributed by atoms with E-state index in [0.717, 1.165) is 0 Å². The quantitative estimate of drug-likeness (QED) is 0.908. The van der Waals surface area contributed by atoms with Crippen LogP contribution in [-0.4, -0.2) is 31.5 Å². The van der Waals surface area contributed by atoms with Crippen LogP contribution in [0.2, 0.25) is 0 Å². The molecule has 90 valence electrons. The smallest absolute Gasteiger partial charge is 0.335 e. The molecule has 0 spiro atoms. The van der Waals surface area contributed by atoms with Crippen LogP contribution in [0.3, 0.4) is 0 Å². The third-order valence-corrected chi connectivity index (χ3v) is 5.17. The highest BCUT2D eigenvalue weighted by Crippen LogP contribution is 2.34. The molecule has 0 aromatic heterocycles. The number of sulfone groups is 1. The summed E-state index contributed by atoms with van der Waals surface area (Å²) in [6, 6.07) is 4.16. The van der Waals surface area contributed by atoms with Crippen molar-refractivity contribution < 1.29 is 18.3 Å². The molecular formula is C11H10O4S2. The van der Waals surface area contributed by atoms with Crippen molar-refractivity contribution >= 4 is 33.6 Å². The van der Waals surface area contributed by atoms with Crippen LogP contribution < -0.4 is 0 Å². The van der Waals surface area contributed by atoms with Crippen molar-refractivity contribution in [3.63, 3.8) is 0 Å². The minimum atomic E-state index is -3.49. The molecule has 1 aromatic rings. The monoisotopic (exact) mass is 270 g/mol. The summed E-state index contributed by atoms with van der Waals surface area (Å²) in [5.41, 5.74) is 0.560. The van der Waals surface area contributed by atoms with E-state index in [2.05, 4.69) is 0 Å². The topological polar surface area (TPSA) is 71.4 Å². The van der Waals surface area contributed by atoms with Crippen molar-refractivity contribution in [1.82, 2.24) is 0 Å². The molecule has 4 nitrogen and oxygen atoms in total. The predicted molar refractivity (Wildman–Crippen MR) is 66.9 cm³/mol. The van der Waals surface area contributed by atoms with Gasteiger partial charge < -0.3 is 5.11 Å². The summed E-state index contributed by atoms with van der Waals surface area (Å²) in [5, 5.41) is 8.84. The van der Waals surface area contributed by atoms with Gasteiger partial charge in [-0.05, 0) is 30.0 Å². The first-order valence-electron chi connectivity index (χ1n) is 4.79. The van der Waals surface area contributed by atoms with E-state index in [9.17, 15) is 13.2 Å².